The van der Waals surface area contributed by atoms with E-state index in [-0.39, 0.29) is 0 Å². The zero-order chi connectivity index (χ0) is 12.3. The summed E-state index contributed by atoms with van der Waals surface area (Å²) in [5, 5.41) is 2.00. The number of rotatable bonds is 6. The van der Waals surface area contributed by atoms with E-state index in [0.29, 0.717) is 5.41 Å². The molecular weight excluding hydrogens is 296 g/mol. The highest BCUT2D eigenvalue weighted by Gasteiger charge is 2.35. The third-order valence-electron chi connectivity index (χ3n) is 4.38. The Morgan fingerprint density at radius 3 is 1.67 bits per heavy atom. The first-order chi connectivity index (χ1) is 8.86. The van der Waals surface area contributed by atoms with Crippen LogP contribution in [0.4, 0.5) is 0 Å². The van der Waals surface area contributed by atoms with Crippen molar-refractivity contribution in [2.24, 2.45) is 5.41 Å². The molecule has 0 atom stereocenters. The summed E-state index contributed by atoms with van der Waals surface area (Å²) in [5.74, 6) is 8.62. The fourth-order valence-corrected chi connectivity index (χ4v) is 8.48. The van der Waals surface area contributed by atoms with Gasteiger partial charge in [0.05, 0.1) is 0 Å². The van der Waals surface area contributed by atoms with Crippen LogP contribution in [0.15, 0.2) is 0 Å². The van der Waals surface area contributed by atoms with Crippen LogP contribution >= 0.6 is 47.0 Å². The molecule has 0 amide bonds. The summed E-state index contributed by atoms with van der Waals surface area (Å²) in [6, 6.07) is 0. The molecule has 0 aromatic heterocycles. The van der Waals surface area contributed by atoms with Crippen LogP contribution in [0.2, 0.25) is 0 Å². The molecule has 104 valence electrons. The smallest absolute Gasteiger partial charge is 0.0228 e. The van der Waals surface area contributed by atoms with Crippen molar-refractivity contribution >= 4 is 47.0 Å². The fraction of sp³-hybridized carbons (Fsp3) is 1.00. The van der Waals surface area contributed by atoms with E-state index in [2.05, 4.69) is 47.0 Å². The van der Waals surface area contributed by atoms with Crippen LogP contribution in [-0.2, 0) is 0 Å². The molecule has 3 aliphatic rings. The second-order valence-electron chi connectivity index (χ2n) is 6.00. The topological polar surface area (TPSA) is 0 Å². The molecule has 2 saturated heterocycles. The van der Waals surface area contributed by atoms with Gasteiger partial charge in [-0.1, -0.05) is 19.3 Å². The van der Waals surface area contributed by atoms with Crippen molar-refractivity contribution in [2.75, 3.05) is 34.5 Å². The van der Waals surface area contributed by atoms with Gasteiger partial charge in [0, 0.05) is 45.0 Å². The van der Waals surface area contributed by atoms with E-state index in [1.807, 2.05) is 0 Å². The van der Waals surface area contributed by atoms with Crippen molar-refractivity contribution in [1.29, 1.82) is 0 Å². The summed E-state index contributed by atoms with van der Waals surface area (Å²) in [4.78, 5) is 0. The normalized spacial score (nSPS) is 28.7. The van der Waals surface area contributed by atoms with Crippen LogP contribution in [0.1, 0.15) is 32.1 Å². The number of thioether (sulfide) groups is 4. The maximum atomic E-state index is 2.31. The monoisotopic (exact) mass is 320 g/mol. The molecule has 0 spiro atoms. The molecule has 18 heavy (non-hydrogen) atoms. The minimum absolute atomic E-state index is 0.716. The predicted octanol–water partition coefficient (Wildman–Crippen LogP) is 4.63. The van der Waals surface area contributed by atoms with Crippen LogP contribution in [0.3, 0.4) is 0 Å². The van der Waals surface area contributed by atoms with Crippen molar-refractivity contribution in [3.05, 3.63) is 0 Å². The van der Waals surface area contributed by atoms with Gasteiger partial charge in [0.1, 0.15) is 0 Å². The first kappa shape index (κ1) is 14.3. The molecule has 2 heterocycles. The number of hydrogen-bond donors (Lipinski definition) is 0. The molecule has 0 aromatic rings. The van der Waals surface area contributed by atoms with Crippen molar-refractivity contribution in [1.82, 2.24) is 0 Å². The van der Waals surface area contributed by atoms with Gasteiger partial charge in [0.2, 0.25) is 0 Å². The van der Waals surface area contributed by atoms with Gasteiger partial charge in [-0.15, -0.1) is 0 Å². The minimum Gasteiger partial charge on any atom is -0.160 e. The van der Waals surface area contributed by atoms with E-state index in [1.165, 1.54) is 66.6 Å². The fourth-order valence-electron chi connectivity index (χ4n) is 2.84. The van der Waals surface area contributed by atoms with Crippen LogP contribution in [0, 0.1) is 5.41 Å². The highest BCUT2D eigenvalue weighted by molar-refractivity contribution is 8.08. The predicted molar refractivity (Wildman–Crippen MR) is 92.7 cm³/mol. The molecule has 0 bridgehead atoms. The van der Waals surface area contributed by atoms with Gasteiger partial charge in [-0.05, 0) is 18.3 Å². The lowest BCUT2D eigenvalue weighted by Crippen LogP contribution is -2.34. The Morgan fingerprint density at radius 1 is 0.778 bits per heavy atom. The number of hydrogen-bond acceptors (Lipinski definition) is 4. The average molecular weight is 321 g/mol. The summed E-state index contributed by atoms with van der Waals surface area (Å²) in [7, 11) is 0. The van der Waals surface area contributed by atoms with E-state index >= 15 is 0 Å². The Bertz CT molecular complexity index is 235. The Hall–Kier alpha value is 1.40. The summed E-state index contributed by atoms with van der Waals surface area (Å²) >= 11 is 8.88. The maximum absolute atomic E-state index is 2.31. The Morgan fingerprint density at radius 2 is 1.28 bits per heavy atom. The first-order valence-corrected chi connectivity index (χ1v) is 11.7. The zero-order valence-corrected chi connectivity index (χ0v) is 14.3. The summed E-state index contributed by atoms with van der Waals surface area (Å²) in [5.41, 5.74) is 0.716. The van der Waals surface area contributed by atoms with Gasteiger partial charge >= 0.3 is 0 Å². The van der Waals surface area contributed by atoms with Gasteiger partial charge in [-0.3, -0.25) is 0 Å². The maximum Gasteiger partial charge on any atom is 0.0228 e. The minimum atomic E-state index is 0.716. The van der Waals surface area contributed by atoms with Gasteiger partial charge < -0.3 is 0 Å². The summed E-state index contributed by atoms with van der Waals surface area (Å²) in [6.45, 7) is 0. The molecule has 3 fully saturated rings. The Labute approximate surface area is 129 Å². The zero-order valence-electron chi connectivity index (χ0n) is 11.1. The third kappa shape index (κ3) is 3.73. The second-order valence-corrected chi connectivity index (χ2v) is 10.7. The largest absolute Gasteiger partial charge is 0.160 e. The molecule has 0 unspecified atom stereocenters. The van der Waals surface area contributed by atoms with Crippen molar-refractivity contribution < 1.29 is 0 Å². The SMILES string of the molecule is C1CCC(CSC2CSC2)(CSC2CSC2)CC1. The second kappa shape index (κ2) is 6.91. The average Bonchev–Trinajstić information content (AvgIpc) is 2.26. The summed E-state index contributed by atoms with van der Waals surface area (Å²) < 4.78 is 0. The molecule has 4 heteroatoms. The lowest BCUT2D eigenvalue weighted by atomic mass is 9.77. The van der Waals surface area contributed by atoms with Gasteiger partial charge in [0.25, 0.3) is 0 Å². The van der Waals surface area contributed by atoms with Crippen LogP contribution in [0.5, 0.6) is 0 Å². The van der Waals surface area contributed by atoms with E-state index in [0.717, 1.165) is 10.5 Å². The first-order valence-electron chi connectivity index (χ1n) is 7.25. The molecule has 0 radical (unpaired) electrons. The van der Waals surface area contributed by atoms with Crippen LogP contribution < -0.4 is 0 Å². The third-order valence-corrected chi connectivity index (χ3v) is 10.9. The van der Waals surface area contributed by atoms with Gasteiger partial charge in [0.15, 0.2) is 0 Å². The molecule has 0 N–H and O–H groups in total. The lowest BCUT2D eigenvalue weighted by molar-refractivity contribution is 0.258. The van der Waals surface area contributed by atoms with E-state index < -0.39 is 0 Å². The van der Waals surface area contributed by atoms with Crippen molar-refractivity contribution in [3.8, 4) is 0 Å². The van der Waals surface area contributed by atoms with Crippen LogP contribution in [0.25, 0.3) is 0 Å². The highest BCUT2D eigenvalue weighted by Crippen LogP contribution is 2.45. The lowest BCUT2D eigenvalue weighted by Gasteiger charge is -2.40. The van der Waals surface area contributed by atoms with E-state index in [9.17, 15) is 0 Å². The van der Waals surface area contributed by atoms with E-state index in [1.54, 1.807) is 0 Å². The van der Waals surface area contributed by atoms with Crippen LogP contribution in [-0.4, -0.2) is 45.0 Å². The molecule has 3 rings (SSSR count). The molecule has 0 nitrogen and oxygen atoms in total. The molecule has 2 aliphatic heterocycles. The molecule has 1 saturated carbocycles. The molecule has 0 aromatic carbocycles. The highest BCUT2D eigenvalue weighted by atomic mass is 32.2. The van der Waals surface area contributed by atoms with Crippen molar-refractivity contribution in [3.63, 3.8) is 0 Å². The Kier molecular flexibility index (Phi) is 5.50. The Balaban J connectivity index is 1.48. The van der Waals surface area contributed by atoms with Gasteiger partial charge in [-0.2, -0.15) is 47.0 Å². The van der Waals surface area contributed by atoms with Crippen molar-refractivity contribution in [2.45, 2.75) is 42.6 Å². The molecule has 1 aliphatic carbocycles. The summed E-state index contributed by atoms with van der Waals surface area (Å²) in [6.07, 6.45) is 7.54. The van der Waals surface area contributed by atoms with Gasteiger partial charge in [-0.25, -0.2) is 0 Å². The van der Waals surface area contributed by atoms with E-state index in [4.69, 9.17) is 0 Å². The quantitative estimate of drug-likeness (QED) is 0.699. The standard InChI is InChI=1S/C14H24S4/c1-2-4-14(5-3-1,10-17-12-6-15-7-12)11-18-13-8-16-9-13/h12-13H,1-11H2. The molecular formula is C14H24S4.